The average molecular weight is 284 g/mol. The molecular weight excluding hydrogens is 246 g/mol. The van der Waals surface area contributed by atoms with Crippen LogP contribution in [-0.2, 0) is 4.74 Å². The topological polar surface area (TPSA) is 21.3 Å². The molecule has 2 nitrogen and oxygen atoms in total. The van der Waals surface area contributed by atoms with Crippen molar-refractivity contribution in [2.24, 2.45) is 11.3 Å². The number of rotatable bonds is 6. The molecule has 1 heterocycles. The Morgan fingerprint density at radius 3 is 2.20 bits per heavy atom. The highest BCUT2D eigenvalue weighted by molar-refractivity contribution is 4.95. The van der Waals surface area contributed by atoms with Gasteiger partial charge in [-0.15, -0.1) is 0 Å². The van der Waals surface area contributed by atoms with Crippen LogP contribution >= 0.6 is 0 Å². The van der Waals surface area contributed by atoms with Gasteiger partial charge in [0.2, 0.25) is 0 Å². The molecule has 0 aromatic rings. The van der Waals surface area contributed by atoms with Gasteiger partial charge in [-0.05, 0) is 71.3 Å². The SMILES string of the molecule is CCCNC(CCC1CC(C)(C)OC1(C)C)C(C)(C)C. The van der Waals surface area contributed by atoms with E-state index in [4.69, 9.17) is 4.74 Å². The highest BCUT2D eigenvalue weighted by atomic mass is 16.5. The third-order valence-corrected chi connectivity index (χ3v) is 4.75. The molecule has 0 saturated carbocycles. The van der Waals surface area contributed by atoms with Crippen molar-refractivity contribution in [3.63, 3.8) is 0 Å². The van der Waals surface area contributed by atoms with Gasteiger partial charge in [-0.2, -0.15) is 0 Å². The van der Waals surface area contributed by atoms with Crippen molar-refractivity contribution >= 4 is 0 Å². The van der Waals surface area contributed by atoms with Gasteiger partial charge < -0.3 is 10.1 Å². The Morgan fingerprint density at radius 2 is 1.80 bits per heavy atom. The predicted molar refractivity (Wildman–Crippen MR) is 88.1 cm³/mol. The smallest absolute Gasteiger partial charge is 0.0662 e. The molecule has 2 unspecified atom stereocenters. The van der Waals surface area contributed by atoms with Crippen molar-refractivity contribution in [1.82, 2.24) is 5.32 Å². The van der Waals surface area contributed by atoms with Crippen LogP contribution in [0.3, 0.4) is 0 Å². The van der Waals surface area contributed by atoms with E-state index in [1.165, 1.54) is 25.7 Å². The lowest BCUT2D eigenvalue weighted by molar-refractivity contribution is -0.0756. The fraction of sp³-hybridized carbons (Fsp3) is 1.00. The van der Waals surface area contributed by atoms with Gasteiger partial charge >= 0.3 is 0 Å². The molecular formula is C18H37NO. The third-order valence-electron chi connectivity index (χ3n) is 4.75. The van der Waals surface area contributed by atoms with Crippen molar-refractivity contribution in [2.75, 3.05) is 6.54 Å². The Kier molecular flexibility index (Phi) is 5.71. The van der Waals surface area contributed by atoms with Crippen LogP contribution in [0.25, 0.3) is 0 Å². The van der Waals surface area contributed by atoms with Gasteiger partial charge in [0.05, 0.1) is 11.2 Å². The van der Waals surface area contributed by atoms with E-state index in [9.17, 15) is 0 Å². The van der Waals surface area contributed by atoms with Crippen LogP contribution in [0.4, 0.5) is 0 Å². The molecule has 0 aliphatic carbocycles. The lowest BCUT2D eigenvalue weighted by Gasteiger charge is -2.34. The van der Waals surface area contributed by atoms with Gasteiger partial charge in [-0.25, -0.2) is 0 Å². The van der Waals surface area contributed by atoms with Gasteiger partial charge in [0.1, 0.15) is 0 Å². The standard InChI is InChI=1S/C18H37NO/c1-9-12-19-15(16(2,3)4)11-10-14-13-17(5,6)20-18(14,7)8/h14-15,19H,9-13H2,1-8H3. The molecule has 1 fully saturated rings. The monoisotopic (exact) mass is 283 g/mol. The molecule has 0 spiro atoms. The molecule has 120 valence electrons. The van der Waals surface area contributed by atoms with Crippen LogP contribution in [0, 0.1) is 11.3 Å². The maximum absolute atomic E-state index is 6.23. The molecule has 1 aliphatic rings. The fourth-order valence-electron chi connectivity index (χ4n) is 3.65. The van der Waals surface area contributed by atoms with Crippen molar-refractivity contribution < 1.29 is 4.74 Å². The van der Waals surface area contributed by atoms with Crippen LogP contribution < -0.4 is 5.32 Å². The molecule has 2 heteroatoms. The van der Waals surface area contributed by atoms with E-state index >= 15 is 0 Å². The molecule has 0 bridgehead atoms. The molecule has 1 N–H and O–H groups in total. The Labute approximate surface area is 127 Å². The molecule has 1 aliphatic heterocycles. The summed E-state index contributed by atoms with van der Waals surface area (Å²) in [5.74, 6) is 0.672. The van der Waals surface area contributed by atoms with Crippen molar-refractivity contribution in [3.8, 4) is 0 Å². The highest BCUT2D eigenvalue weighted by Crippen LogP contribution is 2.44. The summed E-state index contributed by atoms with van der Waals surface area (Å²) in [4.78, 5) is 0. The second-order valence-corrected chi connectivity index (χ2v) is 8.82. The van der Waals surface area contributed by atoms with Crippen molar-refractivity contribution in [3.05, 3.63) is 0 Å². The number of hydrogen-bond donors (Lipinski definition) is 1. The molecule has 1 saturated heterocycles. The van der Waals surface area contributed by atoms with E-state index in [1.807, 2.05) is 0 Å². The van der Waals surface area contributed by atoms with Gasteiger partial charge in [0, 0.05) is 6.04 Å². The number of hydrogen-bond acceptors (Lipinski definition) is 2. The van der Waals surface area contributed by atoms with Crippen molar-refractivity contribution in [1.29, 1.82) is 0 Å². The van der Waals surface area contributed by atoms with Crippen LogP contribution in [0.15, 0.2) is 0 Å². The lowest BCUT2D eigenvalue weighted by Crippen LogP contribution is -2.41. The van der Waals surface area contributed by atoms with Crippen LogP contribution in [0.1, 0.15) is 81.1 Å². The second kappa shape index (κ2) is 6.36. The summed E-state index contributed by atoms with van der Waals surface area (Å²) < 4.78 is 6.23. The number of nitrogens with one attached hydrogen (secondary N) is 1. The first-order valence-corrected chi connectivity index (χ1v) is 8.41. The van der Waals surface area contributed by atoms with Crippen LogP contribution in [0.5, 0.6) is 0 Å². The molecule has 0 amide bonds. The Bertz CT molecular complexity index is 301. The molecule has 2 atom stereocenters. The van der Waals surface area contributed by atoms with E-state index in [2.05, 4.69) is 60.7 Å². The van der Waals surface area contributed by atoms with Gasteiger partial charge in [0.25, 0.3) is 0 Å². The number of ether oxygens (including phenoxy) is 1. The summed E-state index contributed by atoms with van der Waals surface area (Å²) in [6.45, 7) is 19.4. The summed E-state index contributed by atoms with van der Waals surface area (Å²) in [5.41, 5.74) is 0.396. The van der Waals surface area contributed by atoms with E-state index in [0.717, 1.165) is 6.54 Å². The summed E-state index contributed by atoms with van der Waals surface area (Å²) in [6, 6.07) is 0.599. The second-order valence-electron chi connectivity index (χ2n) is 8.82. The largest absolute Gasteiger partial charge is 0.369 e. The average Bonchev–Trinajstić information content (AvgIpc) is 2.44. The van der Waals surface area contributed by atoms with E-state index < -0.39 is 0 Å². The molecule has 0 aromatic carbocycles. The quantitative estimate of drug-likeness (QED) is 0.758. The van der Waals surface area contributed by atoms with Gasteiger partial charge in [0.15, 0.2) is 0 Å². The predicted octanol–water partition coefficient (Wildman–Crippen LogP) is 4.77. The van der Waals surface area contributed by atoms with E-state index in [1.54, 1.807) is 0 Å². The van der Waals surface area contributed by atoms with Gasteiger partial charge in [-0.1, -0.05) is 27.7 Å². The zero-order valence-corrected chi connectivity index (χ0v) is 15.1. The zero-order valence-electron chi connectivity index (χ0n) is 15.1. The summed E-state index contributed by atoms with van der Waals surface area (Å²) in [7, 11) is 0. The zero-order chi connectivity index (χ0) is 15.6. The highest BCUT2D eigenvalue weighted by Gasteiger charge is 2.45. The normalized spacial score (nSPS) is 26.7. The van der Waals surface area contributed by atoms with E-state index in [0.29, 0.717) is 17.4 Å². The van der Waals surface area contributed by atoms with E-state index in [-0.39, 0.29) is 11.2 Å². The minimum atomic E-state index is 0.0245. The molecule has 1 rings (SSSR count). The maximum Gasteiger partial charge on any atom is 0.0662 e. The molecule has 0 aromatic heterocycles. The molecule has 20 heavy (non-hydrogen) atoms. The maximum atomic E-state index is 6.23. The Balaban J connectivity index is 2.59. The van der Waals surface area contributed by atoms with Crippen LogP contribution in [-0.4, -0.2) is 23.8 Å². The minimum absolute atomic E-state index is 0.0245. The Morgan fingerprint density at radius 1 is 1.20 bits per heavy atom. The van der Waals surface area contributed by atoms with Crippen molar-refractivity contribution in [2.45, 2.75) is 98.3 Å². The lowest BCUT2D eigenvalue weighted by atomic mass is 9.78. The summed E-state index contributed by atoms with van der Waals surface area (Å²) >= 11 is 0. The first-order chi connectivity index (χ1) is 8.98. The Hall–Kier alpha value is -0.0800. The van der Waals surface area contributed by atoms with Crippen LogP contribution in [0.2, 0.25) is 0 Å². The first-order valence-electron chi connectivity index (χ1n) is 8.41. The molecule has 0 radical (unpaired) electrons. The summed E-state index contributed by atoms with van der Waals surface area (Å²) in [6.07, 6.45) is 4.90. The van der Waals surface area contributed by atoms with Gasteiger partial charge in [-0.3, -0.25) is 0 Å². The fourth-order valence-corrected chi connectivity index (χ4v) is 3.65. The third kappa shape index (κ3) is 5.04. The first kappa shape index (κ1) is 18.0. The summed E-state index contributed by atoms with van der Waals surface area (Å²) in [5, 5.41) is 3.74. The minimum Gasteiger partial charge on any atom is -0.369 e.